The fourth-order valence-corrected chi connectivity index (χ4v) is 4.58. The molecule has 0 aliphatic carbocycles. The molecule has 0 amide bonds. The van der Waals surface area contributed by atoms with Gasteiger partial charge in [-0.1, -0.05) is 18.2 Å². The average molecular weight is 332 g/mol. The zero-order chi connectivity index (χ0) is 17.6. The maximum absolute atomic E-state index is 9.25. The second-order valence-electron chi connectivity index (χ2n) is 7.43. The molecule has 2 aliphatic rings. The lowest BCUT2D eigenvalue weighted by Crippen LogP contribution is -2.35. The minimum Gasteiger partial charge on any atom is -0.368 e. The molecule has 0 radical (unpaired) electrons. The van der Waals surface area contributed by atoms with Gasteiger partial charge in [-0.3, -0.25) is 0 Å². The van der Waals surface area contributed by atoms with Crippen LogP contribution in [0.3, 0.4) is 0 Å². The molecule has 1 aromatic carbocycles. The van der Waals surface area contributed by atoms with Gasteiger partial charge in [0.25, 0.3) is 0 Å². The number of anilines is 2. The first-order valence-corrected chi connectivity index (χ1v) is 9.03. The van der Waals surface area contributed by atoms with Gasteiger partial charge in [0.2, 0.25) is 0 Å². The van der Waals surface area contributed by atoms with Crippen LogP contribution in [0.1, 0.15) is 23.7 Å². The summed E-state index contributed by atoms with van der Waals surface area (Å²) in [5, 5.41) is 9.25. The van der Waals surface area contributed by atoms with E-state index in [9.17, 15) is 5.26 Å². The van der Waals surface area contributed by atoms with E-state index in [1.807, 2.05) is 13.8 Å². The van der Waals surface area contributed by atoms with Crippen LogP contribution in [0.5, 0.6) is 0 Å². The van der Waals surface area contributed by atoms with Gasteiger partial charge in [-0.15, -0.1) is 0 Å². The Morgan fingerprint density at radius 3 is 2.52 bits per heavy atom. The van der Waals surface area contributed by atoms with E-state index in [0.717, 1.165) is 36.7 Å². The van der Waals surface area contributed by atoms with E-state index < -0.39 is 0 Å². The van der Waals surface area contributed by atoms with Crippen LogP contribution in [-0.2, 0) is 0 Å². The molecule has 0 saturated carbocycles. The van der Waals surface area contributed by atoms with E-state index in [4.69, 9.17) is 4.98 Å². The summed E-state index contributed by atoms with van der Waals surface area (Å²) in [7, 11) is 0. The lowest BCUT2D eigenvalue weighted by atomic mass is 9.95. The van der Waals surface area contributed by atoms with Crippen molar-refractivity contribution in [3.05, 3.63) is 53.2 Å². The Hall–Kier alpha value is -2.54. The van der Waals surface area contributed by atoms with E-state index in [-0.39, 0.29) is 0 Å². The van der Waals surface area contributed by atoms with Gasteiger partial charge in [-0.2, -0.15) is 5.26 Å². The molecule has 0 spiro atoms. The molecule has 3 atom stereocenters. The van der Waals surface area contributed by atoms with Crippen molar-refractivity contribution in [3.63, 3.8) is 0 Å². The standard InChI is InChI=1S/C21H24N4/c1-14-9-21(23-15(2)19(14)10-22)24-11-17-12-25(16(3)20(17)13-24)18-7-5-4-6-8-18/h4-9,16-17,20H,11-13H2,1-3H3/t16-,17+,20?/m0/s1. The van der Waals surface area contributed by atoms with Crippen molar-refractivity contribution >= 4 is 11.5 Å². The normalized spacial score (nSPS) is 25.1. The number of rotatable bonds is 2. The van der Waals surface area contributed by atoms with Crippen molar-refractivity contribution in [2.75, 3.05) is 29.4 Å². The Balaban J connectivity index is 1.54. The molecular weight excluding hydrogens is 308 g/mol. The number of nitriles is 1. The molecule has 4 rings (SSSR count). The zero-order valence-corrected chi connectivity index (χ0v) is 15.1. The zero-order valence-electron chi connectivity index (χ0n) is 15.1. The molecule has 2 aliphatic heterocycles. The number of nitrogens with zero attached hydrogens (tertiary/aromatic N) is 4. The minimum atomic E-state index is 0.540. The van der Waals surface area contributed by atoms with Crippen molar-refractivity contribution in [2.24, 2.45) is 11.8 Å². The Morgan fingerprint density at radius 2 is 1.88 bits per heavy atom. The molecule has 4 heteroatoms. The Kier molecular flexibility index (Phi) is 3.88. The molecule has 1 aromatic heterocycles. The summed E-state index contributed by atoms with van der Waals surface area (Å²) in [4.78, 5) is 9.67. The minimum absolute atomic E-state index is 0.540. The predicted molar refractivity (Wildman–Crippen MR) is 101 cm³/mol. The SMILES string of the molecule is Cc1cc(N2CC3[C@H](C2)CN(c2ccccc2)[C@H]3C)nc(C)c1C#N. The van der Waals surface area contributed by atoms with Gasteiger partial charge < -0.3 is 9.80 Å². The third-order valence-corrected chi connectivity index (χ3v) is 5.94. The molecule has 4 nitrogen and oxygen atoms in total. The summed E-state index contributed by atoms with van der Waals surface area (Å²) in [6.45, 7) is 9.51. The van der Waals surface area contributed by atoms with E-state index in [2.05, 4.69) is 59.2 Å². The number of pyridine rings is 1. The average Bonchev–Trinajstić information content (AvgIpc) is 3.15. The number of aromatic nitrogens is 1. The Morgan fingerprint density at radius 1 is 1.12 bits per heavy atom. The fourth-order valence-electron chi connectivity index (χ4n) is 4.58. The molecular formula is C21H24N4. The van der Waals surface area contributed by atoms with Crippen LogP contribution in [0.15, 0.2) is 36.4 Å². The molecule has 25 heavy (non-hydrogen) atoms. The summed E-state index contributed by atoms with van der Waals surface area (Å²) >= 11 is 0. The number of hydrogen-bond acceptors (Lipinski definition) is 4. The number of benzene rings is 1. The van der Waals surface area contributed by atoms with Crippen LogP contribution in [0, 0.1) is 37.0 Å². The summed E-state index contributed by atoms with van der Waals surface area (Å²) < 4.78 is 0. The Bertz CT molecular complexity index is 801. The maximum Gasteiger partial charge on any atom is 0.129 e. The molecule has 0 N–H and O–H groups in total. The molecule has 2 saturated heterocycles. The van der Waals surface area contributed by atoms with Gasteiger partial charge in [0.1, 0.15) is 11.9 Å². The first kappa shape index (κ1) is 16.0. The fraction of sp³-hybridized carbons (Fsp3) is 0.429. The topological polar surface area (TPSA) is 43.2 Å². The largest absolute Gasteiger partial charge is 0.368 e. The summed E-state index contributed by atoms with van der Waals surface area (Å²) in [6, 6.07) is 15.6. The number of hydrogen-bond donors (Lipinski definition) is 0. The predicted octanol–water partition coefficient (Wildman–Crippen LogP) is 3.53. The molecule has 2 aromatic rings. The quantitative estimate of drug-likeness (QED) is 0.844. The van der Waals surface area contributed by atoms with E-state index in [1.165, 1.54) is 5.69 Å². The lowest BCUT2D eigenvalue weighted by molar-refractivity contribution is 0.472. The molecule has 3 heterocycles. The summed E-state index contributed by atoms with van der Waals surface area (Å²) in [5.74, 6) is 2.37. The molecule has 0 bridgehead atoms. The molecule has 1 unspecified atom stereocenters. The van der Waals surface area contributed by atoms with Gasteiger partial charge in [0.05, 0.1) is 11.3 Å². The Labute approximate surface area is 149 Å². The van der Waals surface area contributed by atoms with Crippen LogP contribution in [0.2, 0.25) is 0 Å². The summed E-state index contributed by atoms with van der Waals surface area (Å²) in [6.07, 6.45) is 0. The monoisotopic (exact) mass is 332 g/mol. The first-order valence-electron chi connectivity index (χ1n) is 9.03. The maximum atomic E-state index is 9.25. The second-order valence-corrected chi connectivity index (χ2v) is 7.43. The van der Waals surface area contributed by atoms with Gasteiger partial charge in [0, 0.05) is 43.2 Å². The van der Waals surface area contributed by atoms with Crippen LogP contribution in [-0.4, -0.2) is 30.7 Å². The lowest BCUT2D eigenvalue weighted by Gasteiger charge is -2.29. The smallest absolute Gasteiger partial charge is 0.129 e. The van der Waals surface area contributed by atoms with Crippen molar-refractivity contribution < 1.29 is 0 Å². The van der Waals surface area contributed by atoms with Gasteiger partial charge in [-0.25, -0.2) is 4.98 Å². The second kappa shape index (κ2) is 6.07. The highest BCUT2D eigenvalue weighted by Gasteiger charge is 2.45. The number of para-hydroxylation sites is 1. The van der Waals surface area contributed by atoms with Gasteiger partial charge in [0.15, 0.2) is 0 Å². The van der Waals surface area contributed by atoms with Crippen molar-refractivity contribution in [1.29, 1.82) is 5.26 Å². The van der Waals surface area contributed by atoms with Crippen molar-refractivity contribution in [3.8, 4) is 6.07 Å². The van der Waals surface area contributed by atoms with Crippen molar-refractivity contribution in [2.45, 2.75) is 26.8 Å². The van der Waals surface area contributed by atoms with Crippen LogP contribution < -0.4 is 9.80 Å². The number of aryl methyl sites for hydroxylation is 2. The van der Waals surface area contributed by atoms with E-state index in [1.54, 1.807) is 0 Å². The van der Waals surface area contributed by atoms with E-state index >= 15 is 0 Å². The van der Waals surface area contributed by atoms with Gasteiger partial charge in [-0.05, 0) is 44.5 Å². The molecule has 2 fully saturated rings. The third-order valence-electron chi connectivity index (χ3n) is 5.94. The summed E-state index contributed by atoms with van der Waals surface area (Å²) in [5.41, 5.74) is 3.92. The van der Waals surface area contributed by atoms with Crippen LogP contribution in [0.25, 0.3) is 0 Å². The van der Waals surface area contributed by atoms with E-state index in [0.29, 0.717) is 23.4 Å². The van der Waals surface area contributed by atoms with Gasteiger partial charge >= 0.3 is 0 Å². The highest BCUT2D eigenvalue weighted by molar-refractivity contribution is 5.53. The molecule has 128 valence electrons. The highest BCUT2D eigenvalue weighted by atomic mass is 15.3. The van der Waals surface area contributed by atoms with Crippen LogP contribution in [0.4, 0.5) is 11.5 Å². The van der Waals surface area contributed by atoms with Crippen LogP contribution >= 0.6 is 0 Å². The third kappa shape index (κ3) is 2.64. The van der Waals surface area contributed by atoms with Crippen molar-refractivity contribution in [1.82, 2.24) is 4.98 Å². The first-order chi connectivity index (χ1) is 12.1. The number of fused-ring (bicyclic) bond motifs is 1. The highest BCUT2D eigenvalue weighted by Crippen LogP contribution is 2.40.